The number of ether oxygens (including phenoxy) is 1. The van der Waals surface area contributed by atoms with Gasteiger partial charge < -0.3 is 15.0 Å². The highest BCUT2D eigenvalue weighted by Crippen LogP contribution is 2.14. The summed E-state index contributed by atoms with van der Waals surface area (Å²) in [5, 5.41) is 11.2. The van der Waals surface area contributed by atoms with Crippen LogP contribution in [0.2, 0.25) is 0 Å². The molecule has 0 aliphatic rings. The highest BCUT2D eigenvalue weighted by Gasteiger charge is 2.11. The fourth-order valence-electron chi connectivity index (χ4n) is 2.79. The van der Waals surface area contributed by atoms with E-state index in [1.54, 1.807) is 13.2 Å². The van der Waals surface area contributed by atoms with Crippen LogP contribution in [-0.4, -0.2) is 29.8 Å². The number of benzene rings is 2. The molecule has 0 bridgehead atoms. The fraction of sp³-hybridized carbons (Fsp3) is 0.227. The zero-order chi connectivity index (χ0) is 19.8. The minimum atomic E-state index is -0.249. The maximum absolute atomic E-state index is 12.3. The Balaban J connectivity index is 1.59. The summed E-state index contributed by atoms with van der Waals surface area (Å²) in [5.74, 6) is 1.28. The maximum atomic E-state index is 12.3. The minimum absolute atomic E-state index is 0.249. The number of aromatic nitrogens is 2. The number of carbonyl (C=O) groups is 1. The van der Waals surface area contributed by atoms with Gasteiger partial charge in [-0.2, -0.15) is 0 Å². The third-order valence-electron chi connectivity index (χ3n) is 4.42. The number of rotatable bonds is 8. The molecule has 3 aromatic rings. The quantitative estimate of drug-likeness (QED) is 0.652. The van der Waals surface area contributed by atoms with Gasteiger partial charge in [0.05, 0.1) is 7.11 Å². The van der Waals surface area contributed by atoms with Gasteiger partial charge in [-0.1, -0.05) is 42.5 Å². The van der Waals surface area contributed by atoms with Crippen molar-refractivity contribution < 1.29 is 9.53 Å². The molecule has 1 aromatic heterocycles. The largest absolute Gasteiger partial charge is 0.497 e. The molecular formula is C22H24N4O2. The molecule has 1 amide bonds. The van der Waals surface area contributed by atoms with Gasteiger partial charge in [0.2, 0.25) is 0 Å². The number of hydrogen-bond donors (Lipinski definition) is 1. The van der Waals surface area contributed by atoms with Gasteiger partial charge in [0.15, 0.2) is 11.5 Å². The Hall–Kier alpha value is -3.41. The predicted molar refractivity (Wildman–Crippen MR) is 109 cm³/mol. The first-order chi connectivity index (χ1) is 13.7. The topological polar surface area (TPSA) is 67.4 Å². The Kier molecular flexibility index (Phi) is 6.57. The van der Waals surface area contributed by atoms with Crippen molar-refractivity contribution >= 4 is 11.7 Å². The molecule has 0 saturated carbocycles. The SMILES string of the molecule is CCN(Cc1ccccc1)c1ccc(C(=O)NCc2ccc(OC)cc2)nn1. The number of amides is 1. The van der Waals surface area contributed by atoms with E-state index in [1.165, 1.54) is 5.56 Å². The molecule has 0 aliphatic carbocycles. The molecule has 0 saturated heterocycles. The second kappa shape index (κ2) is 9.50. The molecule has 0 radical (unpaired) electrons. The first-order valence-corrected chi connectivity index (χ1v) is 9.23. The molecule has 6 heteroatoms. The average Bonchev–Trinajstić information content (AvgIpc) is 2.77. The van der Waals surface area contributed by atoms with Crippen LogP contribution in [-0.2, 0) is 13.1 Å². The van der Waals surface area contributed by atoms with Crippen LogP contribution in [0.5, 0.6) is 5.75 Å². The smallest absolute Gasteiger partial charge is 0.272 e. The zero-order valence-electron chi connectivity index (χ0n) is 16.1. The highest BCUT2D eigenvalue weighted by molar-refractivity contribution is 5.92. The molecule has 144 valence electrons. The van der Waals surface area contributed by atoms with E-state index in [-0.39, 0.29) is 5.91 Å². The van der Waals surface area contributed by atoms with Crippen LogP contribution in [0, 0.1) is 0 Å². The number of anilines is 1. The van der Waals surface area contributed by atoms with Crippen LogP contribution < -0.4 is 15.0 Å². The van der Waals surface area contributed by atoms with Crippen LogP contribution in [0.3, 0.4) is 0 Å². The van der Waals surface area contributed by atoms with Crippen molar-refractivity contribution in [3.63, 3.8) is 0 Å². The summed E-state index contributed by atoms with van der Waals surface area (Å²) in [7, 11) is 1.62. The van der Waals surface area contributed by atoms with Gasteiger partial charge in [0.25, 0.3) is 5.91 Å². The van der Waals surface area contributed by atoms with E-state index in [0.717, 1.165) is 30.2 Å². The number of nitrogens with one attached hydrogen (secondary N) is 1. The summed E-state index contributed by atoms with van der Waals surface area (Å²) in [6, 6.07) is 21.3. The fourth-order valence-corrected chi connectivity index (χ4v) is 2.79. The molecule has 2 aromatic carbocycles. The zero-order valence-corrected chi connectivity index (χ0v) is 16.1. The van der Waals surface area contributed by atoms with Crippen LogP contribution in [0.4, 0.5) is 5.82 Å². The Morgan fingerprint density at radius 1 is 0.964 bits per heavy atom. The lowest BCUT2D eigenvalue weighted by molar-refractivity contribution is 0.0945. The number of carbonyl (C=O) groups excluding carboxylic acids is 1. The van der Waals surface area contributed by atoms with E-state index < -0.39 is 0 Å². The first-order valence-electron chi connectivity index (χ1n) is 9.23. The number of methoxy groups -OCH3 is 1. The molecule has 6 nitrogen and oxygen atoms in total. The second-order valence-electron chi connectivity index (χ2n) is 6.31. The van der Waals surface area contributed by atoms with Gasteiger partial charge >= 0.3 is 0 Å². The van der Waals surface area contributed by atoms with Crippen molar-refractivity contribution in [2.24, 2.45) is 0 Å². The maximum Gasteiger partial charge on any atom is 0.272 e. The van der Waals surface area contributed by atoms with E-state index in [2.05, 4.69) is 39.5 Å². The van der Waals surface area contributed by atoms with Crippen molar-refractivity contribution in [3.05, 3.63) is 83.6 Å². The van der Waals surface area contributed by atoms with Gasteiger partial charge in [-0.05, 0) is 42.3 Å². The van der Waals surface area contributed by atoms with E-state index >= 15 is 0 Å². The van der Waals surface area contributed by atoms with Crippen LogP contribution in [0.1, 0.15) is 28.5 Å². The average molecular weight is 376 g/mol. The van der Waals surface area contributed by atoms with Gasteiger partial charge in [0, 0.05) is 19.6 Å². The van der Waals surface area contributed by atoms with Crippen molar-refractivity contribution in [1.82, 2.24) is 15.5 Å². The summed E-state index contributed by atoms with van der Waals surface area (Å²) < 4.78 is 5.13. The third-order valence-corrected chi connectivity index (χ3v) is 4.42. The number of hydrogen-bond acceptors (Lipinski definition) is 5. The lowest BCUT2D eigenvalue weighted by Gasteiger charge is -2.21. The van der Waals surface area contributed by atoms with Crippen molar-refractivity contribution in [1.29, 1.82) is 0 Å². The Bertz CT molecular complexity index is 881. The van der Waals surface area contributed by atoms with Gasteiger partial charge in [-0.3, -0.25) is 4.79 Å². The Morgan fingerprint density at radius 2 is 1.71 bits per heavy atom. The van der Waals surface area contributed by atoms with E-state index in [1.807, 2.05) is 48.5 Å². The van der Waals surface area contributed by atoms with E-state index in [9.17, 15) is 4.79 Å². The summed E-state index contributed by atoms with van der Waals surface area (Å²) >= 11 is 0. The molecule has 0 unspecified atom stereocenters. The Labute approximate surface area is 165 Å². The molecule has 0 atom stereocenters. The molecule has 0 fully saturated rings. The van der Waals surface area contributed by atoms with Crippen molar-refractivity contribution in [3.8, 4) is 5.75 Å². The lowest BCUT2D eigenvalue weighted by Crippen LogP contribution is -2.26. The van der Waals surface area contributed by atoms with Crippen LogP contribution >= 0.6 is 0 Å². The predicted octanol–water partition coefficient (Wildman–Crippen LogP) is 3.44. The second-order valence-corrected chi connectivity index (χ2v) is 6.31. The molecule has 1 heterocycles. The molecule has 1 N–H and O–H groups in total. The Morgan fingerprint density at radius 3 is 2.32 bits per heavy atom. The summed E-state index contributed by atoms with van der Waals surface area (Å²) in [5.41, 5.74) is 2.49. The molecule has 0 spiro atoms. The minimum Gasteiger partial charge on any atom is -0.497 e. The molecular weight excluding hydrogens is 352 g/mol. The number of nitrogens with zero attached hydrogens (tertiary/aromatic N) is 3. The van der Waals surface area contributed by atoms with Crippen LogP contribution in [0.15, 0.2) is 66.7 Å². The highest BCUT2D eigenvalue weighted by atomic mass is 16.5. The van der Waals surface area contributed by atoms with Crippen molar-refractivity contribution in [2.75, 3.05) is 18.6 Å². The van der Waals surface area contributed by atoms with Gasteiger partial charge in [-0.25, -0.2) is 0 Å². The standard InChI is InChI=1S/C22H24N4O2/c1-3-26(16-18-7-5-4-6-8-18)21-14-13-20(24-25-21)22(27)23-15-17-9-11-19(28-2)12-10-17/h4-14H,3,15-16H2,1-2H3,(H,23,27). The molecule has 3 rings (SSSR count). The summed E-state index contributed by atoms with van der Waals surface area (Å²) in [6.45, 7) is 4.03. The summed E-state index contributed by atoms with van der Waals surface area (Å²) in [6.07, 6.45) is 0. The van der Waals surface area contributed by atoms with E-state index in [0.29, 0.717) is 12.2 Å². The van der Waals surface area contributed by atoms with Crippen LogP contribution in [0.25, 0.3) is 0 Å². The van der Waals surface area contributed by atoms with Crippen molar-refractivity contribution in [2.45, 2.75) is 20.0 Å². The third kappa shape index (κ3) is 5.07. The van der Waals surface area contributed by atoms with E-state index in [4.69, 9.17) is 4.74 Å². The lowest BCUT2D eigenvalue weighted by atomic mass is 10.2. The summed E-state index contributed by atoms with van der Waals surface area (Å²) in [4.78, 5) is 14.4. The van der Waals surface area contributed by atoms with Gasteiger partial charge in [0.1, 0.15) is 5.75 Å². The molecule has 28 heavy (non-hydrogen) atoms. The monoisotopic (exact) mass is 376 g/mol. The first kappa shape index (κ1) is 19.4. The van der Waals surface area contributed by atoms with Gasteiger partial charge in [-0.15, -0.1) is 10.2 Å². The normalized spacial score (nSPS) is 10.4. The molecule has 0 aliphatic heterocycles.